The van der Waals surface area contributed by atoms with E-state index in [4.69, 9.17) is 5.73 Å². The van der Waals surface area contributed by atoms with E-state index in [1.807, 2.05) is 43.8 Å². The number of rotatable bonds is 4. The number of hydrogen-bond donors (Lipinski definition) is 2. The molecule has 0 aromatic carbocycles. The van der Waals surface area contributed by atoms with Crippen molar-refractivity contribution < 1.29 is 4.79 Å². The Morgan fingerprint density at radius 2 is 2.22 bits per heavy atom. The molecule has 1 heterocycles. The molecule has 100 valence electrons. The van der Waals surface area contributed by atoms with Crippen molar-refractivity contribution in [1.29, 1.82) is 0 Å². The Hall–Kier alpha value is -1.29. The minimum Gasteiger partial charge on any atom is -0.350 e. The lowest BCUT2D eigenvalue weighted by molar-refractivity contribution is -0.123. The summed E-state index contributed by atoms with van der Waals surface area (Å²) in [6.45, 7) is 6.30. The van der Waals surface area contributed by atoms with Gasteiger partial charge in [0, 0.05) is 24.0 Å². The van der Waals surface area contributed by atoms with E-state index in [-0.39, 0.29) is 17.5 Å². The van der Waals surface area contributed by atoms with Crippen molar-refractivity contribution in [3.63, 3.8) is 0 Å². The molecule has 4 nitrogen and oxygen atoms in total. The first kappa shape index (κ1) is 13.1. The molecular weight excluding hydrogens is 226 g/mol. The van der Waals surface area contributed by atoms with Crippen LogP contribution in [0.1, 0.15) is 45.2 Å². The van der Waals surface area contributed by atoms with Crippen LogP contribution in [-0.2, 0) is 11.3 Å². The Bertz CT molecular complexity index is 426. The van der Waals surface area contributed by atoms with E-state index in [9.17, 15) is 4.79 Å². The third kappa shape index (κ3) is 3.60. The zero-order valence-corrected chi connectivity index (χ0v) is 11.4. The summed E-state index contributed by atoms with van der Waals surface area (Å²) in [7, 11) is 0. The van der Waals surface area contributed by atoms with Crippen molar-refractivity contribution >= 4 is 5.91 Å². The van der Waals surface area contributed by atoms with Crippen LogP contribution < -0.4 is 11.1 Å². The lowest BCUT2D eigenvalue weighted by atomic mass is 10.1. The molecule has 1 atom stereocenters. The maximum absolute atomic E-state index is 11.8. The summed E-state index contributed by atoms with van der Waals surface area (Å²) < 4.78 is 1.90. The van der Waals surface area contributed by atoms with E-state index in [0.29, 0.717) is 12.5 Å². The fourth-order valence-electron chi connectivity index (χ4n) is 2.11. The summed E-state index contributed by atoms with van der Waals surface area (Å²) in [5.74, 6) is 0.675. The van der Waals surface area contributed by atoms with Crippen molar-refractivity contribution in [2.24, 2.45) is 11.7 Å². The van der Waals surface area contributed by atoms with Crippen LogP contribution in [0, 0.1) is 5.92 Å². The van der Waals surface area contributed by atoms with Gasteiger partial charge >= 0.3 is 0 Å². The molecule has 4 heteroatoms. The first-order valence-electron chi connectivity index (χ1n) is 6.57. The van der Waals surface area contributed by atoms with Crippen LogP contribution in [0.5, 0.6) is 0 Å². The Morgan fingerprint density at radius 3 is 2.78 bits per heavy atom. The third-order valence-corrected chi connectivity index (χ3v) is 3.13. The number of nitrogens with two attached hydrogens (primary N) is 1. The molecule has 1 unspecified atom stereocenters. The van der Waals surface area contributed by atoms with Crippen LogP contribution in [0.25, 0.3) is 0 Å². The van der Waals surface area contributed by atoms with E-state index >= 15 is 0 Å². The van der Waals surface area contributed by atoms with E-state index < -0.39 is 0 Å². The summed E-state index contributed by atoms with van der Waals surface area (Å²) in [6.07, 6.45) is 6.39. The second-order valence-electron chi connectivity index (χ2n) is 6.28. The van der Waals surface area contributed by atoms with Crippen LogP contribution in [-0.4, -0.2) is 16.0 Å². The number of aromatic nitrogens is 1. The highest BCUT2D eigenvalue weighted by molar-refractivity contribution is 5.76. The molecule has 1 saturated carbocycles. The van der Waals surface area contributed by atoms with Crippen LogP contribution in [0.4, 0.5) is 0 Å². The molecule has 1 aromatic rings. The quantitative estimate of drug-likeness (QED) is 0.855. The topological polar surface area (TPSA) is 60.0 Å². The van der Waals surface area contributed by atoms with Gasteiger partial charge in [-0.05, 0) is 51.2 Å². The SMILES string of the molecule is CC(C)(C)NC(=O)Cn1ccc(C(N)C2CC2)c1. The van der Waals surface area contributed by atoms with Crippen LogP contribution >= 0.6 is 0 Å². The summed E-state index contributed by atoms with van der Waals surface area (Å²) in [6, 6.07) is 2.16. The van der Waals surface area contributed by atoms with Gasteiger partial charge in [-0.3, -0.25) is 4.79 Å². The van der Waals surface area contributed by atoms with E-state index in [2.05, 4.69) is 5.32 Å². The number of hydrogen-bond acceptors (Lipinski definition) is 2. The summed E-state index contributed by atoms with van der Waals surface area (Å²) >= 11 is 0. The third-order valence-electron chi connectivity index (χ3n) is 3.13. The number of amides is 1. The lowest BCUT2D eigenvalue weighted by Gasteiger charge is -2.20. The predicted octanol–water partition coefficient (Wildman–Crippen LogP) is 1.81. The minimum absolute atomic E-state index is 0.0321. The molecule has 1 amide bonds. The zero-order chi connectivity index (χ0) is 13.3. The lowest BCUT2D eigenvalue weighted by Crippen LogP contribution is -2.42. The van der Waals surface area contributed by atoms with Gasteiger partial charge in [0.05, 0.1) is 0 Å². The molecule has 0 aliphatic heterocycles. The second-order valence-corrected chi connectivity index (χ2v) is 6.28. The van der Waals surface area contributed by atoms with Crippen LogP contribution in [0.3, 0.4) is 0 Å². The first-order chi connectivity index (χ1) is 8.35. The Labute approximate surface area is 109 Å². The van der Waals surface area contributed by atoms with Gasteiger partial charge in [0.25, 0.3) is 0 Å². The molecule has 2 rings (SSSR count). The smallest absolute Gasteiger partial charge is 0.240 e. The van der Waals surface area contributed by atoms with Gasteiger partial charge in [-0.1, -0.05) is 0 Å². The van der Waals surface area contributed by atoms with Gasteiger partial charge in [-0.25, -0.2) is 0 Å². The molecular formula is C14H23N3O. The molecule has 0 bridgehead atoms. The summed E-state index contributed by atoms with van der Waals surface area (Å²) in [5, 5.41) is 2.95. The monoisotopic (exact) mass is 249 g/mol. The molecule has 1 aromatic heterocycles. The average Bonchev–Trinajstić information content (AvgIpc) is 2.96. The average molecular weight is 249 g/mol. The minimum atomic E-state index is -0.183. The number of nitrogens with one attached hydrogen (secondary N) is 1. The van der Waals surface area contributed by atoms with Crippen LogP contribution in [0.15, 0.2) is 18.5 Å². The van der Waals surface area contributed by atoms with Gasteiger partial charge in [-0.15, -0.1) is 0 Å². The van der Waals surface area contributed by atoms with E-state index in [0.717, 1.165) is 5.56 Å². The molecule has 3 N–H and O–H groups in total. The number of nitrogens with zero attached hydrogens (tertiary/aromatic N) is 1. The fraction of sp³-hybridized carbons (Fsp3) is 0.643. The van der Waals surface area contributed by atoms with Crippen molar-refractivity contribution in [2.45, 2.75) is 51.7 Å². The normalized spacial score (nSPS) is 17.6. The Morgan fingerprint density at radius 1 is 1.56 bits per heavy atom. The van der Waals surface area contributed by atoms with Gasteiger partial charge in [-0.2, -0.15) is 0 Å². The molecule has 1 aliphatic rings. The number of carbonyl (C=O) groups excluding carboxylic acids is 1. The molecule has 18 heavy (non-hydrogen) atoms. The predicted molar refractivity (Wildman–Crippen MR) is 72.0 cm³/mol. The van der Waals surface area contributed by atoms with Crippen molar-refractivity contribution in [3.8, 4) is 0 Å². The van der Waals surface area contributed by atoms with Gasteiger partial charge in [0.2, 0.25) is 5.91 Å². The summed E-state index contributed by atoms with van der Waals surface area (Å²) in [5.41, 5.74) is 7.09. The maximum atomic E-state index is 11.8. The Kier molecular flexibility index (Phi) is 3.48. The first-order valence-corrected chi connectivity index (χ1v) is 6.57. The Balaban J connectivity index is 1.92. The van der Waals surface area contributed by atoms with Gasteiger partial charge in [0.1, 0.15) is 6.54 Å². The van der Waals surface area contributed by atoms with Crippen LogP contribution in [0.2, 0.25) is 0 Å². The molecule has 0 saturated heterocycles. The fourth-order valence-corrected chi connectivity index (χ4v) is 2.11. The van der Waals surface area contributed by atoms with Crippen molar-refractivity contribution in [1.82, 2.24) is 9.88 Å². The highest BCUT2D eigenvalue weighted by Crippen LogP contribution is 2.39. The van der Waals surface area contributed by atoms with Gasteiger partial charge in [0.15, 0.2) is 0 Å². The zero-order valence-electron chi connectivity index (χ0n) is 11.4. The largest absolute Gasteiger partial charge is 0.350 e. The highest BCUT2D eigenvalue weighted by Gasteiger charge is 2.29. The summed E-state index contributed by atoms with van der Waals surface area (Å²) in [4.78, 5) is 11.8. The maximum Gasteiger partial charge on any atom is 0.240 e. The number of carbonyl (C=O) groups is 1. The standard InChI is InChI=1S/C14H23N3O/c1-14(2,3)16-12(18)9-17-7-6-11(8-17)13(15)10-4-5-10/h6-8,10,13H,4-5,9,15H2,1-3H3,(H,16,18). The van der Waals surface area contributed by atoms with E-state index in [1.54, 1.807) is 0 Å². The highest BCUT2D eigenvalue weighted by atomic mass is 16.2. The van der Waals surface area contributed by atoms with Crippen molar-refractivity contribution in [3.05, 3.63) is 24.0 Å². The molecule has 1 aliphatic carbocycles. The molecule has 0 radical (unpaired) electrons. The van der Waals surface area contributed by atoms with Gasteiger partial charge < -0.3 is 15.6 Å². The van der Waals surface area contributed by atoms with E-state index in [1.165, 1.54) is 12.8 Å². The molecule has 0 spiro atoms. The van der Waals surface area contributed by atoms with Crippen molar-refractivity contribution in [2.75, 3.05) is 0 Å². The second kappa shape index (κ2) is 4.76. The molecule has 1 fully saturated rings.